The van der Waals surface area contributed by atoms with Gasteiger partial charge in [0.15, 0.2) is 17.3 Å². The van der Waals surface area contributed by atoms with E-state index in [1.807, 2.05) is 25.1 Å². The van der Waals surface area contributed by atoms with Gasteiger partial charge in [-0.1, -0.05) is 35.9 Å². The number of benzene rings is 2. The van der Waals surface area contributed by atoms with E-state index in [0.717, 1.165) is 23.3 Å². The molecule has 0 amide bonds. The van der Waals surface area contributed by atoms with Crippen molar-refractivity contribution in [3.63, 3.8) is 0 Å². The molecular formula is C25H26N4O3. The van der Waals surface area contributed by atoms with Crippen LogP contribution in [0.1, 0.15) is 47.3 Å². The van der Waals surface area contributed by atoms with Crippen LogP contribution >= 0.6 is 0 Å². The Morgan fingerprint density at radius 2 is 1.69 bits per heavy atom. The standard InChI is InChI=1S/C25H26N4O3/c1-14-5-7-16(8-6-14)18-11-19-23(20(30)12-18)24(29-25(27-19)26-15(2)28-29)17-9-10-21(31-3)22(13-17)32-4/h5-10,13,18,24H,11-12H2,1-4H3,(H,26,27,28)/t18-,24-/m0/s1. The summed E-state index contributed by atoms with van der Waals surface area (Å²) < 4.78 is 12.7. The van der Waals surface area contributed by atoms with E-state index in [9.17, 15) is 4.79 Å². The summed E-state index contributed by atoms with van der Waals surface area (Å²) in [5.41, 5.74) is 4.97. The van der Waals surface area contributed by atoms with Crippen molar-refractivity contribution in [2.75, 3.05) is 19.5 Å². The SMILES string of the molecule is COc1ccc([C@H]2C3=C(C[C@H](c4ccc(C)cc4)CC3=O)Nc3nc(C)nn32)cc1OC. The van der Waals surface area contributed by atoms with Crippen molar-refractivity contribution in [3.8, 4) is 11.5 Å². The number of ketones is 1. The number of rotatable bonds is 4. The molecule has 1 aliphatic heterocycles. The maximum Gasteiger partial charge on any atom is 0.226 e. The van der Waals surface area contributed by atoms with Gasteiger partial charge in [0.05, 0.1) is 14.2 Å². The molecule has 7 nitrogen and oxygen atoms in total. The molecule has 0 unspecified atom stereocenters. The van der Waals surface area contributed by atoms with Crippen LogP contribution in [0, 0.1) is 13.8 Å². The maximum atomic E-state index is 13.5. The van der Waals surface area contributed by atoms with E-state index in [-0.39, 0.29) is 17.7 Å². The third kappa shape index (κ3) is 3.34. The number of ether oxygens (including phenoxy) is 2. The first-order chi connectivity index (χ1) is 15.5. The second kappa shape index (κ2) is 7.82. The van der Waals surface area contributed by atoms with Crippen molar-refractivity contribution in [3.05, 3.63) is 76.2 Å². The second-order valence-electron chi connectivity index (χ2n) is 8.40. The predicted molar refractivity (Wildman–Crippen MR) is 121 cm³/mol. The van der Waals surface area contributed by atoms with Crippen LogP contribution < -0.4 is 14.8 Å². The number of Topliss-reactive ketones (excluding diaryl/α,β-unsaturated/α-hetero) is 1. The topological polar surface area (TPSA) is 78.3 Å². The zero-order chi connectivity index (χ0) is 22.4. The van der Waals surface area contributed by atoms with Gasteiger partial charge in [-0.2, -0.15) is 10.1 Å². The fourth-order valence-electron chi connectivity index (χ4n) is 4.72. The largest absolute Gasteiger partial charge is 0.493 e. The van der Waals surface area contributed by atoms with Crippen LogP contribution in [0.2, 0.25) is 0 Å². The summed E-state index contributed by atoms with van der Waals surface area (Å²) in [6.07, 6.45) is 1.22. The van der Waals surface area contributed by atoms with Crippen LogP contribution in [0.5, 0.6) is 11.5 Å². The Morgan fingerprint density at radius 1 is 0.969 bits per heavy atom. The highest BCUT2D eigenvalue weighted by Crippen LogP contribution is 2.45. The zero-order valence-electron chi connectivity index (χ0n) is 18.7. The lowest BCUT2D eigenvalue weighted by molar-refractivity contribution is -0.116. The quantitative estimate of drug-likeness (QED) is 0.664. The lowest BCUT2D eigenvalue weighted by Gasteiger charge is -2.35. The Hall–Kier alpha value is -3.61. The summed E-state index contributed by atoms with van der Waals surface area (Å²) in [7, 11) is 3.22. The van der Waals surface area contributed by atoms with Gasteiger partial charge in [-0.05, 0) is 49.4 Å². The predicted octanol–water partition coefficient (Wildman–Crippen LogP) is 4.33. The van der Waals surface area contributed by atoms with Crippen molar-refractivity contribution >= 4 is 11.7 Å². The number of aryl methyl sites for hydroxylation is 2. The van der Waals surface area contributed by atoms with Crippen LogP contribution in [0.3, 0.4) is 0 Å². The van der Waals surface area contributed by atoms with Crippen molar-refractivity contribution in [2.24, 2.45) is 0 Å². The second-order valence-corrected chi connectivity index (χ2v) is 8.40. The van der Waals surface area contributed by atoms with Crippen molar-refractivity contribution in [2.45, 2.75) is 38.6 Å². The maximum absolute atomic E-state index is 13.5. The summed E-state index contributed by atoms with van der Waals surface area (Å²) in [4.78, 5) is 18.1. The van der Waals surface area contributed by atoms with Gasteiger partial charge in [0, 0.05) is 17.7 Å². The zero-order valence-corrected chi connectivity index (χ0v) is 18.7. The van der Waals surface area contributed by atoms with Crippen LogP contribution in [0.25, 0.3) is 0 Å². The number of fused-ring (bicyclic) bond motifs is 1. The minimum Gasteiger partial charge on any atom is -0.493 e. The smallest absolute Gasteiger partial charge is 0.226 e. The number of allylic oxidation sites excluding steroid dienone is 2. The molecular weight excluding hydrogens is 404 g/mol. The highest BCUT2D eigenvalue weighted by Gasteiger charge is 2.39. The number of carbonyl (C=O) groups is 1. The monoisotopic (exact) mass is 430 g/mol. The van der Waals surface area contributed by atoms with Gasteiger partial charge >= 0.3 is 0 Å². The molecule has 2 aromatic carbocycles. The van der Waals surface area contributed by atoms with Gasteiger partial charge in [-0.3, -0.25) is 4.79 Å². The molecule has 2 heterocycles. The Balaban J connectivity index is 1.61. The van der Waals surface area contributed by atoms with Crippen LogP contribution in [0.4, 0.5) is 5.95 Å². The highest BCUT2D eigenvalue weighted by atomic mass is 16.5. The number of hydrogen-bond donors (Lipinski definition) is 1. The summed E-state index contributed by atoms with van der Waals surface area (Å²) in [6, 6.07) is 13.8. The van der Waals surface area contributed by atoms with Crippen LogP contribution in [-0.2, 0) is 4.79 Å². The first kappa shape index (κ1) is 20.3. The van der Waals surface area contributed by atoms with E-state index in [4.69, 9.17) is 9.47 Å². The molecule has 2 aliphatic rings. The minimum absolute atomic E-state index is 0.128. The molecule has 0 fully saturated rings. The summed E-state index contributed by atoms with van der Waals surface area (Å²) in [6.45, 7) is 3.93. The summed E-state index contributed by atoms with van der Waals surface area (Å²) in [5.74, 6) is 2.83. The third-order valence-electron chi connectivity index (χ3n) is 6.30. The summed E-state index contributed by atoms with van der Waals surface area (Å²) in [5, 5.41) is 8.01. The van der Waals surface area contributed by atoms with E-state index >= 15 is 0 Å². The van der Waals surface area contributed by atoms with Gasteiger partial charge in [0.25, 0.3) is 0 Å². The third-order valence-corrected chi connectivity index (χ3v) is 6.30. The highest BCUT2D eigenvalue weighted by molar-refractivity contribution is 6.00. The Kier molecular flexibility index (Phi) is 4.96. The molecule has 0 radical (unpaired) electrons. The molecule has 3 aromatic rings. The van der Waals surface area contributed by atoms with Crippen molar-refractivity contribution in [1.29, 1.82) is 0 Å². The average Bonchev–Trinajstić information content (AvgIpc) is 3.17. The first-order valence-electron chi connectivity index (χ1n) is 10.7. The lowest BCUT2D eigenvalue weighted by atomic mass is 9.78. The minimum atomic E-state index is -0.367. The molecule has 0 spiro atoms. The normalized spacial score (nSPS) is 19.8. The van der Waals surface area contributed by atoms with Crippen molar-refractivity contribution in [1.82, 2.24) is 14.8 Å². The molecule has 5 rings (SSSR count). The van der Waals surface area contributed by atoms with E-state index in [2.05, 4.69) is 46.6 Å². The molecule has 0 saturated heterocycles. The first-order valence-corrected chi connectivity index (χ1v) is 10.7. The molecule has 32 heavy (non-hydrogen) atoms. The van der Waals surface area contributed by atoms with E-state index in [1.54, 1.807) is 18.9 Å². The molecule has 7 heteroatoms. The molecule has 164 valence electrons. The molecule has 0 bridgehead atoms. The van der Waals surface area contributed by atoms with Gasteiger partial charge < -0.3 is 14.8 Å². The number of anilines is 1. The average molecular weight is 431 g/mol. The van der Waals surface area contributed by atoms with Gasteiger partial charge in [0.1, 0.15) is 11.9 Å². The summed E-state index contributed by atoms with van der Waals surface area (Å²) >= 11 is 0. The fourth-order valence-corrected chi connectivity index (χ4v) is 4.72. The Bertz CT molecular complexity index is 1230. The number of methoxy groups -OCH3 is 2. The Morgan fingerprint density at radius 3 is 2.41 bits per heavy atom. The van der Waals surface area contributed by atoms with Crippen molar-refractivity contribution < 1.29 is 14.3 Å². The van der Waals surface area contributed by atoms with Gasteiger partial charge in [-0.15, -0.1) is 0 Å². The van der Waals surface area contributed by atoms with E-state index in [0.29, 0.717) is 29.7 Å². The fraction of sp³-hybridized carbons (Fsp3) is 0.320. The molecule has 0 saturated carbocycles. The molecule has 2 atom stereocenters. The van der Waals surface area contributed by atoms with E-state index < -0.39 is 0 Å². The number of nitrogens with zero attached hydrogens (tertiary/aromatic N) is 3. The van der Waals surface area contributed by atoms with E-state index in [1.165, 1.54) is 11.1 Å². The Labute approximate surface area is 187 Å². The molecule has 1 N–H and O–H groups in total. The molecule has 1 aliphatic carbocycles. The van der Waals surface area contributed by atoms with Gasteiger partial charge in [0.2, 0.25) is 5.95 Å². The van der Waals surface area contributed by atoms with Gasteiger partial charge in [-0.25, -0.2) is 4.68 Å². The number of nitrogens with one attached hydrogen (secondary N) is 1. The van der Waals surface area contributed by atoms with Crippen LogP contribution in [-0.4, -0.2) is 34.8 Å². The van der Waals surface area contributed by atoms with Crippen LogP contribution in [0.15, 0.2) is 53.7 Å². The number of carbonyl (C=O) groups excluding carboxylic acids is 1. The number of aromatic nitrogens is 3. The number of hydrogen-bond acceptors (Lipinski definition) is 6. The lowest BCUT2D eigenvalue weighted by Crippen LogP contribution is -2.33. The molecule has 1 aromatic heterocycles.